The highest BCUT2D eigenvalue weighted by Crippen LogP contribution is 2.26. The second kappa shape index (κ2) is 10.4. The molecule has 4 aromatic rings. The molecule has 0 unspecified atom stereocenters. The van der Waals surface area contributed by atoms with Gasteiger partial charge in [-0.2, -0.15) is 15.0 Å². The molecule has 37 heavy (non-hydrogen) atoms. The molecule has 1 aromatic heterocycles. The average Bonchev–Trinajstić information content (AvgIpc) is 2.88. The molecule has 1 aliphatic heterocycles. The number of rotatable bonds is 6. The van der Waals surface area contributed by atoms with Crippen molar-refractivity contribution in [1.29, 1.82) is 0 Å². The van der Waals surface area contributed by atoms with E-state index in [-0.39, 0.29) is 5.82 Å². The van der Waals surface area contributed by atoms with E-state index in [2.05, 4.69) is 72.4 Å². The van der Waals surface area contributed by atoms with Crippen LogP contribution in [0.15, 0.2) is 60.7 Å². The number of nitrogens with zero attached hydrogens (tertiary/aromatic N) is 5. The lowest BCUT2D eigenvalue weighted by Gasteiger charge is -2.36. The molecule has 0 saturated carbocycles. The van der Waals surface area contributed by atoms with E-state index in [4.69, 9.17) is 15.0 Å². The van der Waals surface area contributed by atoms with Crippen molar-refractivity contribution in [2.75, 3.05) is 46.6 Å². The third-order valence-electron chi connectivity index (χ3n) is 6.63. The molecular weight excluding hydrogens is 465 g/mol. The average molecular weight is 498 g/mol. The zero-order chi connectivity index (χ0) is 25.9. The Balaban J connectivity index is 1.41. The zero-order valence-corrected chi connectivity index (χ0v) is 21.7. The highest BCUT2D eigenvalue weighted by molar-refractivity contribution is 5.64. The summed E-state index contributed by atoms with van der Waals surface area (Å²) in [4.78, 5) is 18.7. The lowest BCUT2D eigenvalue weighted by atomic mass is 10.1. The van der Waals surface area contributed by atoms with Crippen molar-refractivity contribution < 1.29 is 4.39 Å². The minimum atomic E-state index is -0.222. The first-order chi connectivity index (χ1) is 17.8. The standard InChI is InChI=1S/C29H32FN7/c1-19-5-11-25(21(3)17-19)31-27-33-28(32-26-12-6-20(2)18-22(26)4)35-29(34-27)37-15-13-36(14-16-37)24-9-7-23(30)8-10-24/h5-12,17-18H,13-16H2,1-4H3,(H2,31,32,33,34,35). The van der Waals surface area contributed by atoms with Crippen LogP contribution < -0.4 is 20.4 Å². The first kappa shape index (κ1) is 24.5. The Hall–Kier alpha value is -4.20. The van der Waals surface area contributed by atoms with Gasteiger partial charge in [0.05, 0.1) is 0 Å². The molecule has 1 saturated heterocycles. The van der Waals surface area contributed by atoms with Gasteiger partial charge in [0.2, 0.25) is 17.8 Å². The van der Waals surface area contributed by atoms with Crippen molar-refractivity contribution >= 4 is 34.9 Å². The molecule has 3 aromatic carbocycles. The highest BCUT2D eigenvalue weighted by Gasteiger charge is 2.21. The molecule has 190 valence electrons. The normalized spacial score (nSPS) is 13.5. The fourth-order valence-electron chi connectivity index (χ4n) is 4.58. The Morgan fingerprint density at radius 3 is 1.59 bits per heavy atom. The van der Waals surface area contributed by atoms with E-state index in [1.807, 2.05) is 24.3 Å². The summed E-state index contributed by atoms with van der Waals surface area (Å²) >= 11 is 0. The van der Waals surface area contributed by atoms with Gasteiger partial charge in [-0.1, -0.05) is 35.4 Å². The van der Waals surface area contributed by atoms with Gasteiger partial charge in [0.1, 0.15) is 5.82 Å². The molecular formula is C29H32FN7. The Labute approximate surface area is 217 Å². The number of benzene rings is 3. The van der Waals surface area contributed by atoms with Crippen LogP contribution >= 0.6 is 0 Å². The lowest BCUT2D eigenvalue weighted by molar-refractivity contribution is 0.623. The van der Waals surface area contributed by atoms with E-state index in [1.54, 1.807) is 0 Å². The second-order valence-corrected chi connectivity index (χ2v) is 9.62. The van der Waals surface area contributed by atoms with E-state index in [0.29, 0.717) is 17.8 Å². The maximum atomic E-state index is 13.4. The molecule has 0 amide bonds. The fourth-order valence-corrected chi connectivity index (χ4v) is 4.58. The summed E-state index contributed by atoms with van der Waals surface area (Å²) < 4.78 is 13.4. The maximum absolute atomic E-state index is 13.4. The Morgan fingerprint density at radius 2 is 1.11 bits per heavy atom. The Morgan fingerprint density at radius 1 is 0.622 bits per heavy atom. The molecule has 8 heteroatoms. The summed E-state index contributed by atoms with van der Waals surface area (Å²) in [6, 6.07) is 19.2. The molecule has 2 N–H and O–H groups in total. The quantitative estimate of drug-likeness (QED) is 0.336. The summed E-state index contributed by atoms with van der Waals surface area (Å²) in [6.07, 6.45) is 0. The van der Waals surface area contributed by atoms with Crippen molar-refractivity contribution in [3.05, 3.63) is 88.7 Å². The molecule has 7 nitrogen and oxygen atoms in total. The van der Waals surface area contributed by atoms with Gasteiger partial charge < -0.3 is 20.4 Å². The smallest absolute Gasteiger partial charge is 0.233 e. The van der Waals surface area contributed by atoms with Crippen LogP contribution in [0.25, 0.3) is 0 Å². The van der Waals surface area contributed by atoms with Crippen LogP contribution in [-0.2, 0) is 0 Å². The van der Waals surface area contributed by atoms with Crippen LogP contribution in [0, 0.1) is 33.5 Å². The van der Waals surface area contributed by atoms with Crippen LogP contribution in [0.2, 0.25) is 0 Å². The van der Waals surface area contributed by atoms with Crippen LogP contribution in [0.5, 0.6) is 0 Å². The monoisotopic (exact) mass is 497 g/mol. The molecule has 1 fully saturated rings. The minimum absolute atomic E-state index is 0.222. The second-order valence-electron chi connectivity index (χ2n) is 9.62. The van der Waals surface area contributed by atoms with Crippen LogP contribution in [0.1, 0.15) is 22.3 Å². The van der Waals surface area contributed by atoms with Gasteiger partial charge in [-0.05, 0) is 75.2 Å². The maximum Gasteiger partial charge on any atom is 0.233 e. The summed E-state index contributed by atoms with van der Waals surface area (Å²) in [5.41, 5.74) is 7.59. The topological polar surface area (TPSA) is 69.2 Å². The third-order valence-corrected chi connectivity index (χ3v) is 6.63. The van der Waals surface area contributed by atoms with Gasteiger partial charge in [0.15, 0.2) is 0 Å². The Kier molecular flexibility index (Phi) is 6.90. The van der Waals surface area contributed by atoms with Crippen LogP contribution in [0.3, 0.4) is 0 Å². The predicted octanol–water partition coefficient (Wildman–Crippen LogP) is 6.06. The van der Waals surface area contributed by atoms with E-state index in [9.17, 15) is 4.39 Å². The predicted molar refractivity (Wildman–Crippen MR) is 149 cm³/mol. The number of anilines is 6. The zero-order valence-electron chi connectivity index (χ0n) is 21.7. The van der Waals surface area contributed by atoms with Crippen LogP contribution in [0.4, 0.5) is 39.3 Å². The van der Waals surface area contributed by atoms with Gasteiger partial charge in [-0.25, -0.2) is 4.39 Å². The highest BCUT2D eigenvalue weighted by atomic mass is 19.1. The van der Waals surface area contributed by atoms with Gasteiger partial charge in [-0.15, -0.1) is 0 Å². The summed E-state index contributed by atoms with van der Waals surface area (Å²) in [6.45, 7) is 11.4. The van der Waals surface area contributed by atoms with Crippen molar-refractivity contribution in [1.82, 2.24) is 15.0 Å². The van der Waals surface area contributed by atoms with Crippen molar-refractivity contribution in [2.45, 2.75) is 27.7 Å². The van der Waals surface area contributed by atoms with E-state index < -0.39 is 0 Å². The van der Waals surface area contributed by atoms with Gasteiger partial charge in [-0.3, -0.25) is 0 Å². The number of aryl methyl sites for hydroxylation is 4. The summed E-state index contributed by atoms with van der Waals surface area (Å²) in [7, 11) is 0. The third kappa shape index (κ3) is 5.80. The number of nitrogens with one attached hydrogen (secondary N) is 2. The minimum Gasteiger partial charge on any atom is -0.368 e. The SMILES string of the molecule is Cc1ccc(Nc2nc(Nc3ccc(C)cc3C)nc(N3CCN(c4ccc(F)cc4)CC3)n2)c(C)c1. The number of hydrogen-bond acceptors (Lipinski definition) is 7. The molecule has 0 bridgehead atoms. The number of piperazine rings is 1. The van der Waals surface area contributed by atoms with Gasteiger partial charge in [0.25, 0.3) is 0 Å². The lowest BCUT2D eigenvalue weighted by Crippen LogP contribution is -2.47. The molecule has 1 aliphatic rings. The number of halogens is 1. The Bertz CT molecular complexity index is 1320. The van der Waals surface area contributed by atoms with Crippen molar-refractivity contribution in [2.24, 2.45) is 0 Å². The largest absolute Gasteiger partial charge is 0.368 e. The van der Waals surface area contributed by atoms with Crippen molar-refractivity contribution in [3.8, 4) is 0 Å². The molecule has 0 radical (unpaired) electrons. The van der Waals surface area contributed by atoms with Gasteiger partial charge >= 0.3 is 0 Å². The number of hydrogen-bond donors (Lipinski definition) is 2. The van der Waals surface area contributed by atoms with E-state index >= 15 is 0 Å². The first-order valence-corrected chi connectivity index (χ1v) is 12.5. The van der Waals surface area contributed by atoms with Gasteiger partial charge in [0, 0.05) is 43.2 Å². The first-order valence-electron chi connectivity index (χ1n) is 12.5. The molecule has 0 atom stereocenters. The van der Waals surface area contributed by atoms with Crippen LogP contribution in [-0.4, -0.2) is 41.1 Å². The van der Waals surface area contributed by atoms with Crippen molar-refractivity contribution in [3.63, 3.8) is 0 Å². The summed E-state index contributed by atoms with van der Waals surface area (Å²) in [5, 5.41) is 6.79. The fraction of sp³-hybridized carbons (Fsp3) is 0.276. The van der Waals surface area contributed by atoms with E-state index in [0.717, 1.165) is 54.4 Å². The summed E-state index contributed by atoms with van der Waals surface area (Å²) in [5.74, 6) is 1.38. The molecule has 2 heterocycles. The number of aromatic nitrogens is 3. The van der Waals surface area contributed by atoms with E-state index in [1.165, 1.54) is 23.3 Å². The molecule has 5 rings (SSSR count). The molecule has 0 aliphatic carbocycles. The molecule has 0 spiro atoms.